The van der Waals surface area contributed by atoms with Crippen LogP contribution in [-0.2, 0) is 13.0 Å². The van der Waals surface area contributed by atoms with Gasteiger partial charge in [-0.1, -0.05) is 13.0 Å². The molecule has 0 fully saturated rings. The third kappa shape index (κ3) is 3.13. The van der Waals surface area contributed by atoms with Crippen LogP contribution >= 0.6 is 0 Å². The minimum atomic E-state index is -0.234. The molecule has 0 aliphatic carbocycles. The van der Waals surface area contributed by atoms with Crippen LogP contribution in [0.3, 0.4) is 0 Å². The number of aromatic nitrogens is 5. The molecule has 4 rings (SSSR count). The van der Waals surface area contributed by atoms with Gasteiger partial charge in [-0.15, -0.1) is 5.10 Å². The lowest BCUT2D eigenvalue weighted by atomic mass is 9.83. The fourth-order valence-electron chi connectivity index (χ4n) is 3.23. The number of anilines is 1. The van der Waals surface area contributed by atoms with Crippen molar-refractivity contribution in [3.63, 3.8) is 0 Å². The van der Waals surface area contributed by atoms with Crippen molar-refractivity contribution in [3.8, 4) is 0 Å². The number of nitrogens with zero attached hydrogens (tertiary/aromatic N) is 5. The summed E-state index contributed by atoms with van der Waals surface area (Å²) in [6, 6.07) is 7.37. The smallest absolute Gasteiger partial charge is 0.258 e. The maximum absolute atomic E-state index is 12.2. The normalized spacial score (nSPS) is 19.2. The number of carbonyl (C=O) groups is 1. The zero-order valence-corrected chi connectivity index (χ0v) is 13.8. The van der Waals surface area contributed by atoms with E-state index in [1.54, 1.807) is 30.7 Å². The molecule has 3 aromatic rings. The monoisotopic (exact) mass is 334 g/mol. The second-order valence-corrected chi connectivity index (χ2v) is 6.30. The number of hydrogen-bond acceptors (Lipinski definition) is 5. The van der Waals surface area contributed by atoms with E-state index in [9.17, 15) is 4.79 Å². The highest BCUT2D eigenvalue weighted by atomic mass is 16.1. The molecule has 126 valence electrons. The highest BCUT2D eigenvalue weighted by molar-refractivity contribution is 6.03. The Kier molecular flexibility index (Phi) is 3.97. The molecule has 0 spiro atoms. The van der Waals surface area contributed by atoms with Crippen LogP contribution in [0.4, 0.5) is 5.95 Å². The average Bonchev–Trinajstić information content (AvgIpc) is 3.03. The summed E-state index contributed by atoms with van der Waals surface area (Å²) in [6.07, 6.45) is 7.68. The molecule has 3 aromatic heterocycles. The van der Waals surface area contributed by atoms with Gasteiger partial charge in [-0.25, -0.2) is 4.68 Å². The quantitative estimate of drug-likeness (QED) is 0.794. The summed E-state index contributed by atoms with van der Waals surface area (Å²) in [5.74, 6) is 1.78. The van der Waals surface area contributed by atoms with E-state index in [-0.39, 0.29) is 5.91 Å². The summed E-state index contributed by atoms with van der Waals surface area (Å²) < 4.78 is 1.89. The van der Waals surface area contributed by atoms with Gasteiger partial charge in [0.25, 0.3) is 5.91 Å². The lowest BCUT2D eigenvalue weighted by Crippen LogP contribution is -2.27. The van der Waals surface area contributed by atoms with E-state index in [4.69, 9.17) is 0 Å². The van der Waals surface area contributed by atoms with Gasteiger partial charge in [0.1, 0.15) is 5.82 Å². The van der Waals surface area contributed by atoms with Crippen LogP contribution in [0.25, 0.3) is 0 Å². The molecule has 4 heterocycles. The number of rotatable bonds is 3. The molecular formula is C18H18N6O. The number of pyridine rings is 2. The Labute approximate surface area is 145 Å². The van der Waals surface area contributed by atoms with Crippen molar-refractivity contribution in [2.45, 2.75) is 25.8 Å². The van der Waals surface area contributed by atoms with Crippen molar-refractivity contribution >= 4 is 11.9 Å². The molecule has 1 aliphatic heterocycles. The Morgan fingerprint density at radius 3 is 2.80 bits per heavy atom. The van der Waals surface area contributed by atoms with Gasteiger partial charge in [-0.3, -0.25) is 20.1 Å². The Bertz CT molecular complexity index is 877. The number of hydrogen-bond donors (Lipinski definition) is 1. The molecule has 7 nitrogen and oxygen atoms in total. The summed E-state index contributed by atoms with van der Waals surface area (Å²) >= 11 is 0. The molecule has 7 heteroatoms. The molecule has 2 unspecified atom stereocenters. The predicted octanol–water partition coefficient (Wildman–Crippen LogP) is 2.30. The van der Waals surface area contributed by atoms with Gasteiger partial charge in [-0.05, 0) is 29.7 Å². The molecule has 1 amide bonds. The van der Waals surface area contributed by atoms with Crippen LogP contribution in [0, 0.1) is 5.92 Å². The zero-order valence-electron chi connectivity index (χ0n) is 13.8. The Hall–Kier alpha value is -3.09. The summed E-state index contributed by atoms with van der Waals surface area (Å²) in [4.78, 5) is 24.9. The zero-order chi connectivity index (χ0) is 17.2. The van der Waals surface area contributed by atoms with Gasteiger partial charge in [0.15, 0.2) is 0 Å². The summed E-state index contributed by atoms with van der Waals surface area (Å²) in [6.45, 7) is 2.95. The first-order chi connectivity index (χ1) is 12.2. The standard InChI is InChI=1S/C18H18N6O/c1-12-9-16-21-18(22-17(25)13-4-7-19-8-5-13)23-24(16)11-15(12)14-3-2-6-20-10-14/h2-8,10,12,15H,9,11H2,1H3,(H,22,23,25). The minimum absolute atomic E-state index is 0.234. The van der Waals surface area contributed by atoms with E-state index < -0.39 is 0 Å². The number of carbonyl (C=O) groups excluding carboxylic acids is 1. The van der Waals surface area contributed by atoms with Crippen molar-refractivity contribution in [1.29, 1.82) is 0 Å². The SMILES string of the molecule is CC1Cc2nc(NC(=O)c3ccncc3)nn2CC1c1cccnc1. The molecule has 0 saturated heterocycles. The summed E-state index contributed by atoms with van der Waals surface area (Å²) in [5.41, 5.74) is 1.74. The summed E-state index contributed by atoms with van der Waals surface area (Å²) in [7, 11) is 0. The maximum atomic E-state index is 12.2. The molecular weight excluding hydrogens is 316 g/mol. The van der Waals surface area contributed by atoms with Crippen LogP contribution in [0.15, 0.2) is 49.1 Å². The van der Waals surface area contributed by atoms with Crippen LogP contribution < -0.4 is 5.32 Å². The van der Waals surface area contributed by atoms with Gasteiger partial charge >= 0.3 is 0 Å². The third-order valence-electron chi connectivity index (χ3n) is 4.59. The van der Waals surface area contributed by atoms with Crippen LogP contribution in [-0.4, -0.2) is 30.6 Å². The Morgan fingerprint density at radius 1 is 1.20 bits per heavy atom. The molecule has 1 aliphatic rings. The Balaban J connectivity index is 1.53. The fraction of sp³-hybridized carbons (Fsp3) is 0.278. The van der Waals surface area contributed by atoms with Gasteiger partial charge in [0.05, 0.1) is 6.54 Å². The van der Waals surface area contributed by atoms with Crippen LogP contribution in [0.2, 0.25) is 0 Å². The number of fused-ring (bicyclic) bond motifs is 1. The Morgan fingerprint density at radius 2 is 2.04 bits per heavy atom. The van der Waals surface area contributed by atoms with Gasteiger partial charge < -0.3 is 0 Å². The molecule has 0 aromatic carbocycles. The van der Waals surface area contributed by atoms with Gasteiger partial charge in [0.2, 0.25) is 5.95 Å². The first-order valence-electron chi connectivity index (χ1n) is 8.26. The molecule has 0 saturated carbocycles. The second-order valence-electron chi connectivity index (χ2n) is 6.30. The van der Waals surface area contributed by atoms with E-state index in [1.807, 2.05) is 16.9 Å². The minimum Gasteiger partial charge on any atom is -0.289 e. The third-order valence-corrected chi connectivity index (χ3v) is 4.59. The lowest BCUT2D eigenvalue weighted by molar-refractivity contribution is 0.102. The van der Waals surface area contributed by atoms with Crippen molar-refractivity contribution in [2.75, 3.05) is 5.32 Å². The molecule has 25 heavy (non-hydrogen) atoms. The molecule has 1 N–H and O–H groups in total. The van der Waals surface area contributed by atoms with E-state index in [0.717, 1.165) is 18.8 Å². The molecule has 2 atom stereocenters. The predicted molar refractivity (Wildman–Crippen MR) is 92.1 cm³/mol. The van der Waals surface area contributed by atoms with E-state index in [0.29, 0.717) is 23.3 Å². The van der Waals surface area contributed by atoms with E-state index >= 15 is 0 Å². The van der Waals surface area contributed by atoms with Crippen molar-refractivity contribution in [2.24, 2.45) is 5.92 Å². The topological polar surface area (TPSA) is 85.6 Å². The highest BCUT2D eigenvalue weighted by Gasteiger charge is 2.29. The number of amides is 1. The molecule has 0 bridgehead atoms. The van der Waals surface area contributed by atoms with E-state index in [1.165, 1.54) is 5.56 Å². The number of nitrogens with one attached hydrogen (secondary N) is 1. The van der Waals surface area contributed by atoms with Crippen molar-refractivity contribution in [1.82, 2.24) is 24.7 Å². The summed E-state index contributed by atoms with van der Waals surface area (Å²) in [5, 5.41) is 7.23. The van der Waals surface area contributed by atoms with Gasteiger partial charge in [0, 0.05) is 42.7 Å². The van der Waals surface area contributed by atoms with Crippen LogP contribution in [0.1, 0.15) is 34.6 Å². The second kappa shape index (κ2) is 6.43. The molecule has 0 radical (unpaired) electrons. The first-order valence-corrected chi connectivity index (χ1v) is 8.26. The average molecular weight is 334 g/mol. The lowest BCUT2D eigenvalue weighted by Gasteiger charge is -2.28. The van der Waals surface area contributed by atoms with Crippen LogP contribution in [0.5, 0.6) is 0 Å². The largest absolute Gasteiger partial charge is 0.289 e. The maximum Gasteiger partial charge on any atom is 0.258 e. The highest BCUT2D eigenvalue weighted by Crippen LogP contribution is 2.32. The fourth-order valence-corrected chi connectivity index (χ4v) is 3.23. The van der Waals surface area contributed by atoms with Gasteiger partial charge in [-0.2, -0.15) is 4.98 Å². The van der Waals surface area contributed by atoms with Crippen molar-refractivity contribution in [3.05, 3.63) is 66.0 Å². The first kappa shape index (κ1) is 15.4. The van der Waals surface area contributed by atoms with Crippen molar-refractivity contribution < 1.29 is 4.79 Å². The van der Waals surface area contributed by atoms with E-state index in [2.05, 4.69) is 38.4 Å².